The van der Waals surface area contributed by atoms with Gasteiger partial charge in [-0.3, -0.25) is 9.10 Å². The molecule has 0 aliphatic heterocycles. The van der Waals surface area contributed by atoms with Gasteiger partial charge in [0, 0.05) is 18.3 Å². The molecule has 0 unspecified atom stereocenters. The van der Waals surface area contributed by atoms with Gasteiger partial charge in [0.1, 0.15) is 5.75 Å². The summed E-state index contributed by atoms with van der Waals surface area (Å²) in [6, 6.07) is 23.1. The first-order chi connectivity index (χ1) is 15.4. The van der Waals surface area contributed by atoms with E-state index >= 15 is 0 Å². The van der Waals surface area contributed by atoms with Crippen LogP contribution in [0, 0.1) is 0 Å². The topological polar surface area (TPSA) is 75.7 Å². The predicted octanol–water partition coefficient (Wildman–Crippen LogP) is 4.67. The lowest BCUT2D eigenvalue weighted by Gasteiger charge is -2.19. The Morgan fingerprint density at radius 2 is 1.72 bits per heavy atom. The summed E-state index contributed by atoms with van der Waals surface area (Å²) < 4.78 is 33.3. The van der Waals surface area contributed by atoms with Crippen molar-refractivity contribution < 1.29 is 17.9 Å². The molecule has 8 heteroatoms. The molecule has 0 aliphatic carbocycles. The lowest BCUT2D eigenvalue weighted by Crippen LogP contribution is -2.26. The molecular weight excluding hydrogens is 444 g/mol. The molecule has 164 valence electrons. The number of carbonyl (C=O) groups excluding carboxylic acids is 1. The van der Waals surface area contributed by atoms with Crippen molar-refractivity contribution in [2.45, 2.75) is 11.4 Å². The largest absolute Gasteiger partial charge is 0.497 e. The number of carbonyl (C=O) groups is 1. The molecule has 0 saturated heterocycles. The SMILES string of the molecule is COc1ccc(S(=O)(=O)N(C)c2ccc3sc(C(=O)NCc4ccccc4)cc3c2)cc1. The maximum absolute atomic E-state index is 13.0. The maximum atomic E-state index is 13.0. The molecule has 0 bridgehead atoms. The van der Waals surface area contributed by atoms with Crippen LogP contribution in [0.1, 0.15) is 15.2 Å². The van der Waals surface area contributed by atoms with Crippen LogP contribution in [0.15, 0.2) is 83.8 Å². The molecule has 4 aromatic rings. The highest BCUT2D eigenvalue weighted by Gasteiger charge is 2.22. The Bertz CT molecular complexity index is 1350. The van der Waals surface area contributed by atoms with Gasteiger partial charge >= 0.3 is 0 Å². The Labute approximate surface area is 191 Å². The van der Waals surface area contributed by atoms with E-state index in [2.05, 4.69) is 5.32 Å². The summed E-state index contributed by atoms with van der Waals surface area (Å²) >= 11 is 1.38. The minimum absolute atomic E-state index is 0.157. The van der Waals surface area contributed by atoms with Crippen molar-refractivity contribution in [2.24, 2.45) is 0 Å². The Morgan fingerprint density at radius 1 is 1.00 bits per heavy atom. The summed E-state index contributed by atoms with van der Waals surface area (Å²) in [5.41, 5.74) is 1.54. The van der Waals surface area contributed by atoms with Crippen LogP contribution >= 0.6 is 11.3 Å². The van der Waals surface area contributed by atoms with Gasteiger partial charge in [0.05, 0.1) is 22.6 Å². The van der Waals surface area contributed by atoms with Crippen molar-refractivity contribution in [1.29, 1.82) is 0 Å². The Hall–Kier alpha value is -3.36. The molecule has 4 rings (SSSR count). The fourth-order valence-corrected chi connectivity index (χ4v) is 5.40. The van der Waals surface area contributed by atoms with E-state index in [0.29, 0.717) is 22.9 Å². The smallest absolute Gasteiger partial charge is 0.264 e. The minimum Gasteiger partial charge on any atom is -0.497 e. The zero-order valence-corrected chi connectivity index (χ0v) is 19.2. The third kappa shape index (κ3) is 4.46. The summed E-state index contributed by atoms with van der Waals surface area (Å²) in [6.45, 7) is 0.446. The van der Waals surface area contributed by atoms with Gasteiger partial charge < -0.3 is 10.1 Å². The first-order valence-corrected chi connectivity index (χ1v) is 12.1. The van der Waals surface area contributed by atoms with Crippen LogP contribution in [0.25, 0.3) is 10.1 Å². The second kappa shape index (κ2) is 9.02. The number of hydrogen-bond acceptors (Lipinski definition) is 5. The molecule has 1 aromatic heterocycles. The van der Waals surface area contributed by atoms with E-state index in [1.165, 1.54) is 41.9 Å². The average molecular weight is 467 g/mol. The van der Waals surface area contributed by atoms with Gasteiger partial charge in [-0.25, -0.2) is 8.42 Å². The van der Waals surface area contributed by atoms with Gasteiger partial charge in [0.25, 0.3) is 15.9 Å². The standard InChI is InChI=1S/C24H22N2O4S2/c1-26(32(28,29)21-11-9-20(30-2)10-12-21)19-8-13-22-18(14-19)15-23(31-22)24(27)25-16-17-6-4-3-5-7-17/h3-15H,16H2,1-2H3,(H,25,27). The molecule has 3 aromatic carbocycles. The number of hydrogen-bond donors (Lipinski definition) is 1. The second-order valence-electron chi connectivity index (χ2n) is 7.15. The number of sulfonamides is 1. The number of thiophene rings is 1. The number of rotatable bonds is 7. The average Bonchev–Trinajstić information content (AvgIpc) is 3.26. The predicted molar refractivity (Wildman–Crippen MR) is 128 cm³/mol. The zero-order valence-electron chi connectivity index (χ0n) is 17.6. The van der Waals surface area contributed by atoms with Crippen molar-refractivity contribution in [2.75, 3.05) is 18.5 Å². The molecule has 1 heterocycles. The lowest BCUT2D eigenvalue weighted by atomic mass is 10.2. The molecule has 0 radical (unpaired) electrons. The zero-order chi connectivity index (χ0) is 22.7. The van der Waals surface area contributed by atoms with Crippen LogP contribution in [-0.4, -0.2) is 28.5 Å². The van der Waals surface area contributed by atoms with E-state index < -0.39 is 10.0 Å². The molecule has 0 fully saturated rings. The highest BCUT2D eigenvalue weighted by atomic mass is 32.2. The molecule has 32 heavy (non-hydrogen) atoms. The number of fused-ring (bicyclic) bond motifs is 1. The molecule has 1 amide bonds. The van der Waals surface area contributed by atoms with E-state index in [9.17, 15) is 13.2 Å². The fraction of sp³-hybridized carbons (Fsp3) is 0.125. The number of amides is 1. The van der Waals surface area contributed by atoms with E-state index in [4.69, 9.17) is 4.74 Å². The first-order valence-electron chi connectivity index (χ1n) is 9.87. The van der Waals surface area contributed by atoms with Crippen LogP contribution in [0.3, 0.4) is 0 Å². The van der Waals surface area contributed by atoms with Gasteiger partial charge in [0.15, 0.2) is 0 Å². The molecule has 0 atom stereocenters. The van der Waals surface area contributed by atoms with E-state index in [1.54, 1.807) is 30.3 Å². The van der Waals surface area contributed by atoms with E-state index in [1.807, 2.05) is 36.4 Å². The van der Waals surface area contributed by atoms with Crippen LogP contribution in [0.4, 0.5) is 5.69 Å². The summed E-state index contributed by atoms with van der Waals surface area (Å²) in [7, 11) is -0.688. The number of ether oxygens (including phenoxy) is 1. The number of nitrogens with one attached hydrogen (secondary N) is 1. The van der Waals surface area contributed by atoms with Crippen molar-refractivity contribution in [1.82, 2.24) is 5.32 Å². The van der Waals surface area contributed by atoms with E-state index in [0.717, 1.165) is 15.6 Å². The highest BCUT2D eigenvalue weighted by molar-refractivity contribution is 7.92. The van der Waals surface area contributed by atoms with E-state index in [-0.39, 0.29) is 10.8 Å². The Balaban J connectivity index is 1.54. The van der Waals surface area contributed by atoms with Gasteiger partial charge in [-0.1, -0.05) is 30.3 Å². The normalized spacial score (nSPS) is 11.3. The summed E-state index contributed by atoms with van der Waals surface area (Å²) in [5, 5.41) is 3.74. The maximum Gasteiger partial charge on any atom is 0.264 e. The summed E-state index contributed by atoms with van der Waals surface area (Å²) in [5.74, 6) is 0.431. The molecule has 0 aliphatic rings. The van der Waals surface area contributed by atoms with Crippen molar-refractivity contribution in [3.05, 3.63) is 89.3 Å². The van der Waals surface area contributed by atoms with Crippen LogP contribution < -0.4 is 14.4 Å². The minimum atomic E-state index is -3.73. The van der Waals surface area contributed by atoms with Crippen LogP contribution in [0.5, 0.6) is 5.75 Å². The molecule has 6 nitrogen and oxygen atoms in total. The Kier molecular flexibility index (Phi) is 6.16. The first kappa shape index (κ1) is 21.9. The molecule has 0 saturated carbocycles. The second-order valence-corrected chi connectivity index (χ2v) is 10.2. The third-order valence-corrected chi connectivity index (χ3v) is 8.02. The van der Waals surface area contributed by atoms with Gasteiger partial charge in [-0.05, 0) is 59.5 Å². The summed E-state index contributed by atoms with van der Waals surface area (Å²) in [6.07, 6.45) is 0. The fourth-order valence-electron chi connectivity index (χ4n) is 3.25. The van der Waals surface area contributed by atoms with Gasteiger partial charge in [-0.2, -0.15) is 0 Å². The summed E-state index contributed by atoms with van der Waals surface area (Å²) in [4.78, 5) is 13.3. The lowest BCUT2D eigenvalue weighted by molar-refractivity contribution is 0.0955. The van der Waals surface area contributed by atoms with Gasteiger partial charge in [0.2, 0.25) is 0 Å². The van der Waals surface area contributed by atoms with Crippen LogP contribution in [0.2, 0.25) is 0 Å². The number of anilines is 1. The Morgan fingerprint density at radius 3 is 2.41 bits per heavy atom. The monoisotopic (exact) mass is 466 g/mol. The quantitative estimate of drug-likeness (QED) is 0.430. The van der Waals surface area contributed by atoms with Crippen LogP contribution in [-0.2, 0) is 16.6 Å². The molecular formula is C24H22N2O4S2. The number of benzene rings is 3. The van der Waals surface area contributed by atoms with Gasteiger partial charge in [-0.15, -0.1) is 11.3 Å². The highest BCUT2D eigenvalue weighted by Crippen LogP contribution is 2.31. The van der Waals surface area contributed by atoms with Crippen molar-refractivity contribution >= 4 is 43.0 Å². The molecule has 0 spiro atoms. The number of nitrogens with zero attached hydrogens (tertiary/aromatic N) is 1. The molecule has 1 N–H and O–H groups in total. The van der Waals surface area contributed by atoms with Crippen molar-refractivity contribution in [3.63, 3.8) is 0 Å². The number of methoxy groups -OCH3 is 1. The third-order valence-electron chi connectivity index (χ3n) is 5.10. The van der Waals surface area contributed by atoms with Crippen molar-refractivity contribution in [3.8, 4) is 5.75 Å².